The van der Waals surface area contributed by atoms with Crippen molar-refractivity contribution in [2.45, 2.75) is 32.1 Å². The number of hydrogen-bond donors (Lipinski definition) is 0. The first kappa shape index (κ1) is 13.9. The van der Waals surface area contributed by atoms with E-state index in [9.17, 15) is 0 Å². The molecule has 0 saturated carbocycles. The third kappa shape index (κ3) is 2.47. The molecule has 1 unspecified atom stereocenters. The van der Waals surface area contributed by atoms with Crippen molar-refractivity contribution in [2.75, 3.05) is 0 Å². The highest BCUT2D eigenvalue weighted by molar-refractivity contribution is 5.87. The molecule has 0 spiro atoms. The Hall–Kier alpha value is -2.08. The van der Waals surface area contributed by atoms with Gasteiger partial charge in [-0.1, -0.05) is 93.1 Å². The van der Waals surface area contributed by atoms with Gasteiger partial charge in [0.05, 0.1) is 0 Å². The molecule has 0 aliphatic rings. The SMILES string of the molecule is CCCC(C)(c1ccccc1)c1cccc2ccccc12. The molecule has 0 N–H and O–H groups in total. The van der Waals surface area contributed by atoms with Crippen LogP contribution in [0.5, 0.6) is 0 Å². The molecule has 0 radical (unpaired) electrons. The summed E-state index contributed by atoms with van der Waals surface area (Å²) in [4.78, 5) is 0. The molecular formula is C21H22. The molecule has 1 atom stereocenters. The van der Waals surface area contributed by atoms with Gasteiger partial charge in [0.2, 0.25) is 0 Å². The van der Waals surface area contributed by atoms with Crippen molar-refractivity contribution < 1.29 is 0 Å². The van der Waals surface area contributed by atoms with E-state index in [4.69, 9.17) is 0 Å². The van der Waals surface area contributed by atoms with Crippen molar-refractivity contribution in [3.05, 3.63) is 83.9 Å². The van der Waals surface area contributed by atoms with Crippen LogP contribution in [0.3, 0.4) is 0 Å². The van der Waals surface area contributed by atoms with Crippen LogP contribution in [0, 0.1) is 0 Å². The van der Waals surface area contributed by atoms with Gasteiger partial charge in [-0.25, -0.2) is 0 Å². The van der Waals surface area contributed by atoms with E-state index in [0.717, 1.165) is 6.42 Å². The minimum Gasteiger partial charge on any atom is -0.0653 e. The lowest BCUT2D eigenvalue weighted by molar-refractivity contribution is 0.516. The van der Waals surface area contributed by atoms with E-state index in [1.807, 2.05) is 0 Å². The largest absolute Gasteiger partial charge is 0.0653 e. The van der Waals surface area contributed by atoms with Crippen LogP contribution < -0.4 is 0 Å². The van der Waals surface area contributed by atoms with Crippen molar-refractivity contribution in [1.82, 2.24) is 0 Å². The molecule has 0 bridgehead atoms. The van der Waals surface area contributed by atoms with Gasteiger partial charge < -0.3 is 0 Å². The zero-order chi connectivity index (χ0) is 14.7. The molecule has 0 aliphatic carbocycles. The van der Waals surface area contributed by atoms with Crippen molar-refractivity contribution in [3.8, 4) is 0 Å². The summed E-state index contributed by atoms with van der Waals surface area (Å²) in [5.74, 6) is 0. The van der Waals surface area contributed by atoms with Gasteiger partial charge in [0.15, 0.2) is 0 Å². The fraction of sp³-hybridized carbons (Fsp3) is 0.238. The maximum Gasteiger partial charge on any atom is 0.0180 e. The Bertz CT molecular complexity index is 722. The molecule has 0 heteroatoms. The fourth-order valence-corrected chi connectivity index (χ4v) is 3.45. The minimum atomic E-state index is 0.0663. The third-order valence-electron chi connectivity index (χ3n) is 4.55. The molecule has 0 heterocycles. The first-order valence-electron chi connectivity index (χ1n) is 7.79. The van der Waals surface area contributed by atoms with Gasteiger partial charge in [-0.3, -0.25) is 0 Å². The lowest BCUT2D eigenvalue weighted by atomic mass is 9.71. The van der Waals surface area contributed by atoms with E-state index in [1.54, 1.807) is 0 Å². The van der Waals surface area contributed by atoms with Crippen molar-refractivity contribution in [2.24, 2.45) is 0 Å². The zero-order valence-electron chi connectivity index (χ0n) is 12.8. The lowest BCUT2D eigenvalue weighted by Gasteiger charge is -2.32. The molecule has 0 nitrogen and oxygen atoms in total. The molecule has 0 aromatic heterocycles. The number of fused-ring (bicyclic) bond motifs is 1. The van der Waals surface area contributed by atoms with E-state index < -0.39 is 0 Å². The van der Waals surface area contributed by atoms with Crippen LogP contribution in [0.15, 0.2) is 72.8 Å². The monoisotopic (exact) mass is 274 g/mol. The van der Waals surface area contributed by atoms with Gasteiger partial charge in [0.25, 0.3) is 0 Å². The highest BCUT2D eigenvalue weighted by atomic mass is 14.3. The van der Waals surface area contributed by atoms with E-state index in [0.29, 0.717) is 0 Å². The summed E-state index contributed by atoms with van der Waals surface area (Å²) >= 11 is 0. The van der Waals surface area contributed by atoms with Crippen LogP contribution in [0.4, 0.5) is 0 Å². The molecule has 3 aromatic rings. The first-order valence-corrected chi connectivity index (χ1v) is 7.79. The molecule has 106 valence electrons. The second kappa shape index (κ2) is 5.73. The topological polar surface area (TPSA) is 0 Å². The van der Waals surface area contributed by atoms with Crippen molar-refractivity contribution >= 4 is 10.8 Å². The number of benzene rings is 3. The third-order valence-corrected chi connectivity index (χ3v) is 4.55. The minimum absolute atomic E-state index is 0.0663. The molecule has 0 amide bonds. The van der Waals surface area contributed by atoms with Crippen LogP contribution in [-0.2, 0) is 5.41 Å². The van der Waals surface area contributed by atoms with Crippen molar-refractivity contribution in [3.63, 3.8) is 0 Å². The standard InChI is InChI=1S/C21H22/c1-3-16-21(2,18-12-5-4-6-13-18)20-15-9-11-17-10-7-8-14-19(17)20/h4-15H,3,16H2,1-2H3. The van der Waals surface area contributed by atoms with Crippen LogP contribution >= 0.6 is 0 Å². The molecular weight excluding hydrogens is 252 g/mol. The van der Waals surface area contributed by atoms with Gasteiger partial charge >= 0.3 is 0 Å². The van der Waals surface area contributed by atoms with Gasteiger partial charge in [-0.2, -0.15) is 0 Å². The Kier molecular flexibility index (Phi) is 3.79. The second-order valence-electron chi connectivity index (χ2n) is 5.97. The van der Waals surface area contributed by atoms with Gasteiger partial charge in [0.1, 0.15) is 0 Å². The smallest absolute Gasteiger partial charge is 0.0180 e. The highest BCUT2D eigenvalue weighted by Gasteiger charge is 2.29. The van der Waals surface area contributed by atoms with Crippen molar-refractivity contribution in [1.29, 1.82) is 0 Å². The molecule has 0 saturated heterocycles. The first-order chi connectivity index (χ1) is 10.3. The molecule has 3 aromatic carbocycles. The summed E-state index contributed by atoms with van der Waals surface area (Å²) in [6.07, 6.45) is 2.33. The summed E-state index contributed by atoms with van der Waals surface area (Å²) in [5.41, 5.74) is 2.91. The molecule has 0 aliphatic heterocycles. The average molecular weight is 274 g/mol. The summed E-state index contributed by atoms with van der Waals surface area (Å²) in [6.45, 7) is 4.65. The predicted molar refractivity (Wildman–Crippen MR) is 91.8 cm³/mol. The van der Waals surface area contributed by atoms with E-state index in [1.165, 1.54) is 28.3 Å². The normalized spacial score (nSPS) is 14.0. The fourth-order valence-electron chi connectivity index (χ4n) is 3.45. The Morgan fingerprint density at radius 3 is 2.19 bits per heavy atom. The van der Waals surface area contributed by atoms with E-state index in [2.05, 4.69) is 86.6 Å². The van der Waals surface area contributed by atoms with Crippen LogP contribution in [0.25, 0.3) is 10.8 Å². The summed E-state index contributed by atoms with van der Waals surface area (Å²) in [6, 6.07) is 26.3. The summed E-state index contributed by atoms with van der Waals surface area (Å²) in [7, 11) is 0. The van der Waals surface area contributed by atoms with Gasteiger partial charge in [0, 0.05) is 5.41 Å². The Morgan fingerprint density at radius 1 is 0.762 bits per heavy atom. The van der Waals surface area contributed by atoms with E-state index >= 15 is 0 Å². The highest BCUT2D eigenvalue weighted by Crippen LogP contribution is 2.39. The zero-order valence-corrected chi connectivity index (χ0v) is 12.8. The predicted octanol–water partition coefficient (Wildman–Crippen LogP) is 5.95. The number of rotatable bonds is 4. The lowest BCUT2D eigenvalue weighted by Crippen LogP contribution is -2.23. The summed E-state index contributed by atoms with van der Waals surface area (Å²) in [5, 5.41) is 2.70. The van der Waals surface area contributed by atoms with E-state index in [-0.39, 0.29) is 5.41 Å². The van der Waals surface area contributed by atoms with Gasteiger partial charge in [-0.05, 0) is 28.3 Å². The molecule has 0 fully saturated rings. The maximum atomic E-state index is 2.38. The van der Waals surface area contributed by atoms with Crippen LogP contribution in [0.1, 0.15) is 37.8 Å². The summed E-state index contributed by atoms with van der Waals surface area (Å²) < 4.78 is 0. The Balaban J connectivity index is 2.25. The second-order valence-corrected chi connectivity index (χ2v) is 5.97. The quantitative estimate of drug-likeness (QED) is 0.552. The van der Waals surface area contributed by atoms with Crippen LogP contribution in [0.2, 0.25) is 0 Å². The Morgan fingerprint density at radius 2 is 1.43 bits per heavy atom. The van der Waals surface area contributed by atoms with Crippen LogP contribution in [-0.4, -0.2) is 0 Å². The molecule has 3 rings (SSSR count). The Labute approximate surface area is 127 Å². The van der Waals surface area contributed by atoms with Gasteiger partial charge in [-0.15, -0.1) is 0 Å². The number of hydrogen-bond acceptors (Lipinski definition) is 0. The molecule has 21 heavy (non-hydrogen) atoms. The average Bonchev–Trinajstić information content (AvgIpc) is 2.55. The maximum absolute atomic E-state index is 2.38.